The molecule has 0 spiro atoms. The Morgan fingerprint density at radius 2 is 1.61 bits per heavy atom. The number of rotatable bonds is 7. The minimum absolute atomic E-state index is 0.0358. The van der Waals surface area contributed by atoms with Gasteiger partial charge in [0.25, 0.3) is 5.91 Å². The Kier molecular flexibility index (Phi) is 7.97. The summed E-state index contributed by atoms with van der Waals surface area (Å²) in [4.78, 5) is 30.8. The summed E-state index contributed by atoms with van der Waals surface area (Å²) < 4.78 is 32.0. The third kappa shape index (κ3) is 6.24. The van der Waals surface area contributed by atoms with Crippen LogP contribution in [0.15, 0.2) is 29.2 Å². The summed E-state index contributed by atoms with van der Waals surface area (Å²) in [5, 5.41) is 8.52. The van der Waals surface area contributed by atoms with E-state index in [1.165, 1.54) is 24.3 Å². The Morgan fingerprint density at radius 1 is 1.00 bits per heavy atom. The first kappa shape index (κ1) is 23.1. The summed E-state index contributed by atoms with van der Waals surface area (Å²) in [6.45, 7) is 5.02. The van der Waals surface area contributed by atoms with E-state index in [0.717, 1.165) is 13.1 Å². The maximum absolute atomic E-state index is 12.8. The van der Waals surface area contributed by atoms with E-state index in [4.69, 9.17) is 10.00 Å². The molecule has 10 nitrogen and oxygen atoms in total. The molecular formula is C20H27N5O5S. The minimum atomic E-state index is -3.71. The van der Waals surface area contributed by atoms with Gasteiger partial charge in [0.05, 0.1) is 30.7 Å². The van der Waals surface area contributed by atoms with Crippen LogP contribution >= 0.6 is 0 Å². The Balaban J connectivity index is 1.51. The Bertz CT molecular complexity index is 914. The fourth-order valence-corrected chi connectivity index (χ4v) is 4.53. The molecule has 0 radical (unpaired) electrons. The molecule has 0 bridgehead atoms. The standard InChI is InChI=1S/C20H27N5O5S/c21-6-1-7-22-31(28,29)18-4-2-17(3-5-18)20(27)25-10-8-24(9-11-25)19(26)16-23-12-14-30-15-13-23/h2-5,22H,1,7-16H2. The van der Waals surface area contributed by atoms with Crippen molar-refractivity contribution < 1.29 is 22.7 Å². The van der Waals surface area contributed by atoms with Gasteiger partial charge in [-0.2, -0.15) is 5.26 Å². The van der Waals surface area contributed by atoms with Crippen molar-refractivity contribution in [1.82, 2.24) is 19.4 Å². The van der Waals surface area contributed by atoms with Gasteiger partial charge in [-0.25, -0.2) is 13.1 Å². The van der Waals surface area contributed by atoms with Crippen molar-refractivity contribution in [2.45, 2.75) is 11.3 Å². The zero-order valence-corrected chi connectivity index (χ0v) is 18.1. The van der Waals surface area contributed by atoms with Crippen molar-refractivity contribution in [2.75, 3.05) is 65.6 Å². The lowest BCUT2D eigenvalue weighted by Crippen LogP contribution is -2.53. The summed E-state index contributed by atoms with van der Waals surface area (Å²) in [5.41, 5.74) is 0.393. The fourth-order valence-electron chi connectivity index (χ4n) is 3.49. The fraction of sp³-hybridized carbons (Fsp3) is 0.550. The predicted molar refractivity (Wildman–Crippen MR) is 112 cm³/mol. The molecule has 11 heteroatoms. The van der Waals surface area contributed by atoms with Gasteiger partial charge in [0.1, 0.15) is 0 Å². The van der Waals surface area contributed by atoms with Crippen LogP contribution in [0.4, 0.5) is 0 Å². The van der Waals surface area contributed by atoms with Gasteiger partial charge in [-0.3, -0.25) is 14.5 Å². The summed E-state index contributed by atoms with van der Waals surface area (Å²) in [6.07, 6.45) is 0.0801. The third-order valence-electron chi connectivity index (χ3n) is 5.32. The van der Waals surface area contributed by atoms with Crippen molar-refractivity contribution in [3.8, 4) is 6.07 Å². The van der Waals surface area contributed by atoms with E-state index in [0.29, 0.717) is 51.5 Å². The highest BCUT2D eigenvalue weighted by molar-refractivity contribution is 7.89. The number of ether oxygens (including phenoxy) is 1. The van der Waals surface area contributed by atoms with E-state index in [-0.39, 0.29) is 29.7 Å². The van der Waals surface area contributed by atoms with Crippen LogP contribution in [0.25, 0.3) is 0 Å². The smallest absolute Gasteiger partial charge is 0.253 e. The predicted octanol–water partition coefficient (Wildman–Crippen LogP) is -0.505. The number of piperazine rings is 1. The van der Waals surface area contributed by atoms with Crippen LogP contribution in [-0.2, 0) is 19.6 Å². The SMILES string of the molecule is N#CCCNS(=O)(=O)c1ccc(C(=O)N2CCN(C(=O)CN3CCOCC3)CC2)cc1. The maximum atomic E-state index is 12.8. The summed E-state index contributed by atoms with van der Waals surface area (Å²) >= 11 is 0. The number of carbonyl (C=O) groups is 2. The molecule has 168 valence electrons. The van der Waals surface area contributed by atoms with Crippen molar-refractivity contribution in [3.05, 3.63) is 29.8 Å². The van der Waals surface area contributed by atoms with Gasteiger partial charge in [0, 0.05) is 57.8 Å². The molecule has 1 aromatic carbocycles. The summed E-state index contributed by atoms with van der Waals surface area (Å²) in [7, 11) is -3.71. The Morgan fingerprint density at radius 3 is 2.23 bits per heavy atom. The lowest BCUT2D eigenvalue weighted by atomic mass is 10.2. The molecule has 0 unspecified atom stereocenters. The van der Waals surface area contributed by atoms with E-state index in [9.17, 15) is 18.0 Å². The number of nitriles is 1. The molecule has 2 aliphatic heterocycles. The second-order valence-electron chi connectivity index (χ2n) is 7.39. The molecule has 1 N–H and O–H groups in total. The third-order valence-corrected chi connectivity index (χ3v) is 6.80. The van der Waals surface area contributed by atoms with Crippen molar-refractivity contribution >= 4 is 21.8 Å². The van der Waals surface area contributed by atoms with Crippen LogP contribution in [-0.4, -0.2) is 101 Å². The average Bonchev–Trinajstić information content (AvgIpc) is 2.79. The number of benzene rings is 1. The second-order valence-corrected chi connectivity index (χ2v) is 9.16. The topological polar surface area (TPSA) is 123 Å². The number of nitrogens with zero attached hydrogens (tertiary/aromatic N) is 4. The van der Waals surface area contributed by atoms with Gasteiger partial charge in [-0.15, -0.1) is 0 Å². The number of morpholine rings is 1. The molecule has 31 heavy (non-hydrogen) atoms. The molecular weight excluding hydrogens is 422 g/mol. The largest absolute Gasteiger partial charge is 0.379 e. The minimum Gasteiger partial charge on any atom is -0.379 e. The van der Waals surface area contributed by atoms with Crippen molar-refractivity contribution in [2.24, 2.45) is 0 Å². The molecule has 0 atom stereocenters. The van der Waals surface area contributed by atoms with Gasteiger partial charge in [0.15, 0.2) is 0 Å². The monoisotopic (exact) mass is 449 g/mol. The molecule has 3 rings (SSSR count). The zero-order valence-electron chi connectivity index (χ0n) is 17.3. The van der Waals surface area contributed by atoms with Crippen LogP contribution < -0.4 is 4.72 Å². The van der Waals surface area contributed by atoms with Gasteiger partial charge >= 0.3 is 0 Å². The lowest BCUT2D eigenvalue weighted by molar-refractivity contribution is -0.134. The highest BCUT2D eigenvalue weighted by atomic mass is 32.2. The molecule has 2 amide bonds. The van der Waals surface area contributed by atoms with E-state index < -0.39 is 10.0 Å². The van der Waals surface area contributed by atoms with Gasteiger partial charge in [-0.1, -0.05) is 0 Å². The number of hydrogen-bond acceptors (Lipinski definition) is 7. The first-order valence-corrected chi connectivity index (χ1v) is 11.7. The Labute approximate surface area is 182 Å². The van der Waals surface area contributed by atoms with Gasteiger partial charge < -0.3 is 14.5 Å². The number of nitrogens with one attached hydrogen (secondary N) is 1. The number of sulfonamides is 1. The van der Waals surface area contributed by atoms with Crippen molar-refractivity contribution in [3.63, 3.8) is 0 Å². The van der Waals surface area contributed by atoms with E-state index >= 15 is 0 Å². The first-order valence-electron chi connectivity index (χ1n) is 10.2. The average molecular weight is 450 g/mol. The van der Waals surface area contributed by atoms with Gasteiger partial charge in [0.2, 0.25) is 15.9 Å². The van der Waals surface area contributed by atoms with Crippen LogP contribution in [0.2, 0.25) is 0 Å². The summed E-state index contributed by atoms with van der Waals surface area (Å²) in [6, 6.07) is 7.60. The van der Waals surface area contributed by atoms with E-state index in [1.807, 2.05) is 6.07 Å². The highest BCUT2D eigenvalue weighted by Gasteiger charge is 2.26. The van der Waals surface area contributed by atoms with Crippen LogP contribution in [0.1, 0.15) is 16.8 Å². The lowest BCUT2D eigenvalue weighted by Gasteiger charge is -2.36. The van der Waals surface area contributed by atoms with E-state index in [2.05, 4.69) is 9.62 Å². The molecule has 1 aromatic rings. The summed E-state index contributed by atoms with van der Waals surface area (Å²) in [5.74, 6) is -0.130. The second kappa shape index (κ2) is 10.7. The number of carbonyl (C=O) groups excluding carboxylic acids is 2. The van der Waals surface area contributed by atoms with Crippen LogP contribution in [0.3, 0.4) is 0 Å². The first-order chi connectivity index (χ1) is 14.9. The highest BCUT2D eigenvalue weighted by Crippen LogP contribution is 2.14. The van der Waals surface area contributed by atoms with Crippen molar-refractivity contribution in [1.29, 1.82) is 5.26 Å². The van der Waals surface area contributed by atoms with Crippen LogP contribution in [0, 0.1) is 11.3 Å². The molecule has 0 aromatic heterocycles. The normalized spacial score (nSPS) is 17.9. The maximum Gasteiger partial charge on any atom is 0.253 e. The molecule has 0 saturated carbocycles. The zero-order chi connectivity index (χ0) is 22.3. The van der Waals surface area contributed by atoms with Crippen LogP contribution in [0.5, 0.6) is 0 Å². The molecule has 0 aliphatic carbocycles. The Hall–Kier alpha value is -2.52. The molecule has 2 heterocycles. The molecule has 2 fully saturated rings. The quantitative estimate of drug-likeness (QED) is 0.557. The molecule has 2 aliphatic rings. The number of hydrogen-bond donors (Lipinski definition) is 1. The number of amides is 2. The van der Waals surface area contributed by atoms with E-state index in [1.54, 1.807) is 9.80 Å². The van der Waals surface area contributed by atoms with Gasteiger partial charge in [-0.05, 0) is 24.3 Å². The molecule has 2 saturated heterocycles.